The lowest BCUT2D eigenvalue weighted by molar-refractivity contribution is 0.102. The third-order valence-electron chi connectivity index (χ3n) is 4.09. The molecule has 0 saturated heterocycles. The van der Waals surface area contributed by atoms with Gasteiger partial charge in [-0.15, -0.1) is 0 Å². The number of anilines is 4. The Morgan fingerprint density at radius 3 is 2.39 bits per heavy atom. The van der Waals surface area contributed by atoms with Gasteiger partial charge in [-0.05, 0) is 45.4 Å². The smallest absolute Gasteiger partial charge is 0.258 e. The molecule has 0 radical (unpaired) electrons. The van der Waals surface area contributed by atoms with Crippen LogP contribution in [0.25, 0.3) is 0 Å². The number of halogens is 2. The Morgan fingerprint density at radius 2 is 1.74 bits per heavy atom. The van der Waals surface area contributed by atoms with Gasteiger partial charge in [0.05, 0.1) is 15.6 Å². The molecule has 0 aliphatic rings. The highest BCUT2D eigenvalue weighted by atomic mass is 35.5. The average molecular weight is 459 g/mol. The van der Waals surface area contributed by atoms with Gasteiger partial charge in [-0.2, -0.15) is 4.98 Å². The van der Waals surface area contributed by atoms with Crippen molar-refractivity contribution in [1.82, 2.24) is 15.0 Å². The maximum Gasteiger partial charge on any atom is 0.258 e. The second-order valence-corrected chi connectivity index (χ2v) is 8.72. The van der Waals surface area contributed by atoms with Crippen LogP contribution in [0.4, 0.5) is 23.3 Å². The van der Waals surface area contributed by atoms with Gasteiger partial charge in [0.1, 0.15) is 11.6 Å². The molecule has 0 bridgehead atoms. The molecule has 162 valence electrons. The number of rotatable bonds is 6. The first-order valence-corrected chi connectivity index (χ1v) is 10.5. The lowest BCUT2D eigenvalue weighted by atomic mass is 10.1. The van der Waals surface area contributed by atoms with Crippen molar-refractivity contribution in [2.75, 3.05) is 16.0 Å². The molecule has 0 atom stereocenters. The van der Waals surface area contributed by atoms with Crippen molar-refractivity contribution in [1.29, 1.82) is 0 Å². The summed E-state index contributed by atoms with van der Waals surface area (Å²) in [4.78, 5) is 26.0. The van der Waals surface area contributed by atoms with Gasteiger partial charge in [0.15, 0.2) is 0 Å². The molecule has 3 N–H and O–H groups in total. The molecule has 2 heterocycles. The Morgan fingerprint density at radius 1 is 1.03 bits per heavy atom. The van der Waals surface area contributed by atoms with E-state index < -0.39 is 5.91 Å². The summed E-state index contributed by atoms with van der Waals surface area (Å²) in [6, 6.07) is 10.2. The van der Waals surface area contributed by atoms with Crippen molar-refractivity contribution < 1.29 is 4.79 Å². The first kappa shape index (κ1) is 22.8. The molecule has 0 fully saturated rings. The number of nitrogens with zero attached hydrogens (tertiary/aromatic N) is 3. The Bertz CT molecular complexity index is 1080. The van der Waals surface area contributed by atoms with Crippen molar-refractivity contribution in [2.45, 2.75) is 39.7 Å². The van der Waals surface area contributed by atoms with Crippen LogP contribution in [0, 0.1) is 0 Å². The van der Waals surface area contributed by atoms with Gasteiger partial charge in [0, 0.05) is 35.2 Å². The van der Waals surface area contributed by atoms with Crippen LogP contribution in [0.3, 0.4) is 0 Å². The average Bonchev–Trinajstić information content (AvgIpc) is 2.66. The molecule has 0 aliphatic heterocycles. The number of pyridine rings is 1. The summed E-state index contributed by atoms with van der Waals surface area (Å²) < 4.78 is 0. The van der Waals surface area contributed by atoms with Crippen molar-refractivity contribution in [3.8, 4) is 0 Å². The molecule has 1 amide bonds. The zero-order valence-electron chi connectivity index (χ0n) is 17.8. The Labute approximate surface area is 191 Å². The molecule has 3 aromatic rings. The first-order valence-electron chi connectivity index (χ1n) is 9.79. The van der Waals surface area contributed by atoms with Crippen LogP contribution in [0.1, 0.15) is 43.7 Å². The van der Waals surface area contributed by atoms with E-state index in [-0.39, 0.29) is 21.1 Å². The standard InChI is InChI=1S/C22H24Cl2N6O/c1-5-13-11-18(29-21(27-13)30-22(2,3)4)28-17-12-14(9-10-25-17)26-20(31)19-15(23)7-6-8-16(19)24/h6-12H,5H2,1-4H3,(H3,25,26,27,28,29,30,31). The maximum atomic E-state index is 12.6. The minimum absolute atomic E-state index is 0.175. The number of carbonyl (C=O) groups excluding carboxylic acids is 1. The van der Waals surface area contributed by atoms with Crippen LogP contribution < -0.4 is 16.0 Å². The molecular weight excluding hydrogens is 435 g/mol. The van der Waals surface area contributed by atoms with E-state index in [4.69, 9.17) is 23.2 Å². The lowest BCUT2D eigenvalue weighted by Crippen LogP contribution is -2.27. The van der Waals surface area contributed by atoms with E-state index in [2.05, 4.69) is 30.9 Å². The molecule has 0 aliphatic carbocycles. The fourth-order valence-corrected chi connectivity index (χ4v) is 3.32. The second kappa shape index (κ2) is 9.49. The molecule has 7 nitrogen and oxygen atoms in total. The van der Waals surface area contributed by atoms with Crippen molar-refractivity contribution in [3.63, 3.8) is 0 Å². The first-order chi connectivity index (χ1) is 14.6. The highest BCUT2D eigenvalue weighted by Gasteiger charge is 2.16. The van der Waals surface area contributed by atoms with Gasteiger partial charge in [-0.25, -0.2) is 9.97 Å². The maximum absolute atomic E-state index is 12.6. The van der Waals surface area contributed by atoms with Crippen molar-refractivity contribution >= 4 is 52.4 Å². The molecule has 2 aromatic heterocycles. The second-order valence-electron chi connectivity index (χ2n) is 7.90. The van der Waals surface area contributed by atoms with Crippen LogP contribution in [0.2, 0.25) is 10.0 Å². The van der Waals surface area contributed by atoms with Gasteiger partial charge in [0.2, 0.25) is 5.95 Å². The van der Waals surface area contributed by atoms with Gasteiger partial charge in [-0.1, -0.05) is 36.2 Å². The minimum atomic E-state index is -0.403. The molecule has 0 spiro atoms. The number of carbonyl (C=O) groups is 1. The summed E-state index contributed by atoms with van der Waals surface area (Å²) in [7, 11) is 0. The van der Waals surface area contributed by atoms with Crippen LogP contribution in [-0.4, -0.2) is 26.4 Å². The van der Waals surface area contributed by atoms with E-state index in [1.54, 1.807) is 36.5 Å². The lowest BCUT2D eigenvalue weighted by Gasteiger charge is -2.21. The number of aryl methyl sites for hydroxylation is 1. The van der Waals surface area contributed by atoms with Gasteiger partial charge >= 0.3 is 0 Å². The monoisotopic (exact) mass is 458 g/mol. The summed E-state index contributed by atoms with van der Waals surface area (Å²) in [5.41, 5.74) is 1.48. The van der Waals surface area contributed by atoms with E-state index in [1.807, 2.05) is 33.8 Å². The largest absolute Gasteiger partial charge is 0.350 e. The van der Waals surface area contributed by atoms with Crippen molar-refractivity contribution in [2.24, 2.45) is 0 Å². The van der Waals surface area contributed by atoms with E-state index in [1.165, 1.54) is 0 Å². The molecular formula is C22H24Cl2N6O. The predicted octanol–water partition coefficient (Wildman–Crippen LogP) is 5.95. The van der Waals surface area contributed by atoms with Gasteiger partial charge in [0.25, 0.3) is 5.91 Å². The molecule has 31 heavy (non-hydrogen) atoms. The SMILES string of the molecule is CCc1cc(Nc2cc(NC(=O)c3c(Cl)cccc3Cl)ccn2)nc(NC(C)(C)C)n1. The molecule has 0 unspecified atom stereocenters. The zero-order chi connectivity index (χ0) is 22.6. The third-order valence-corrected chi connectivity index (χ3v) is 4.72. The van der Waals surface area contributed by atoms with Crippen molar-refractivity contribution in [3.05, 3.63) is 63.9 Å². The normalized spacial score (nSPS) is 11.2. The molecule has 1 aromatic carbocycles. The summed E-state index contributed by atoms with van der Waals surface area (Å²) in [6.45, 7) is 8.16. The topological polar surface area (TPSA) is 91.8 Å². The summed E-state index contributed by atoms with van der Waals surface area (Å²) in [5.74, 6) is 1.25. The van der Waals surface area contributed by atoms with E-state index in [9.17, 15) is 4.79 Å². The quantitative estimate of drug-likeness (QED) is 0.422. The number of aromatic nitrogens is 3. The highest BCUT2D eigenvalue weighted by molar-refractivity contribution is 6.40. The van der Waals surface area contributed by atoms with E-state index in [0.717, 1.165) is 12.1 Å². The highest BCUT2D eigenvalue weighted by Crippen LogP contribution is 2.26. The van der Waals surface area contributed by atoms with Crippen LogP contribution in [-0.2, 0) is 6.42 Å². The Kier molecular flexibility index (Phi) is 6.97. The molecule has 3 rings (SSSR count). The van der Waals surface area contributed by atoms with E-state index in [0.29, 0.717) is 23.3 Å². The summed E-state index contributed by atoms with van der Waals surface area (Å²) in [5, 5.41) is 9.82. The number of amides is 1. The van der Waals surface area contributed by atoms with Crippen LogP contribution in [0.5, 0.6) is 0 Å². The molecule has 0 saturated carbocycles. The minimum Gasteiger partial charge on any atom is -0.350 e. The predicted molar refractivity (Wildman–Crippen MR) is 127 cm³/mol. The number of hydrogen-bond acceptors (Lipinski definition) is 6. The fourth-order valence-electron chi connectivity index (χ4n) is 2.75. The zero-order valence-corrected chi connectivity index (χ0v) is 19.3. The summed E-state index contributed by atoms with van der Waals surface area (Å²) in [6.07, 6.45) is 2.35. The third kappa shape index (κ3) is 6.29. The van der Waals surface area contributed by atoms with Gasteiger partial charge < -0.3 is 16.0 Å². The Hall–Kier alpha value is -2.90. The van der Waals surface area contributed by atoms with Gasteiger partial charge in [-0.3, -0.25) is 4.79 Å². The number of hydrogen-bond donors (Lipinski definition) is 3. The fraction of sp³-hybridized carbons (Fsp3) is 0.273. The summed E-state index contributed by atoms with van der Waals surface area (Å²) >= 11 is 12.3. The van der Waals surface area contributed by atoms with Crippen LogP contribution in [0.15, 0.2) is 42.6 Å². The van der Waals surface area contributed by atoms with E-state index >= 15 is 0 Å². The molecule has 9 heteroatoms. The van der Waals surface area contributed by atoms with Crippen LogP contribution >= 0.6 is 23.2 Å². The number of nitrogens with one attached hydrogen (secondary N) is 3. The number of benzene rings is 1. The Balaban J connectivity index is 1.81.